The van der Waals surface area contributed by atoms with Gasteiger partial charge in [0, 0.05) is 24.2 Å². The Balaban J connectivity index is 1.37. The van der Waals surface area contributed by atoms with Crippen LogP contribution in [0.25, 0.3) is 22.5 Å². The number of tetrazole rings is 1. The highest BCUT2D eigenvalue weighted by atomic mass is 16.2. The van der Waals surface area contributed by atoms with E-state index in [0.717, 1.165) is 40.9 Å². The Hall–Kier alpha value is -4.66. The summed E-state index contributed by atoms with van der Waals surface area (Å²) in [6, 6.07) is 25.6. The number of H-pyrrole nitrogens is 1. The number of anilines is 1. The third kappa shape index (κ3) is 5.20. The first-order valence-corrected chi connectivity index (χ1v) is 11.9. The normalized spacial score (nSPS) is 10.9. The molecule has 0 unspecified atom stereocenters. The summed E-state index contributed by atoms with van der Waals surface area (Å²) in [6.07, 6.45) is 2.56. The molecular formula is C27H26N8O. The second-order valence-corrected chi connectivity index (χ2v) is 8.40. The molecule has 0 aliphatic carbocycles. The molecule has 180 valence electrons. The van der Waals surface area contributed by atoms with Crippen LogP contribution in [0.4, 0.5) is 5.69 Å². The third-order valence-corrected chi connectivity index (χ3v) is 5.85. The molecule has 36 heavy (non-hydrogen) atoms. The minimum Gasteiger partial charge on any atom is -0.319 e. The summed E-state index contributed by atoms with van der Waals surface area (Å²) in [7, 11) is 0. The number of carbonyl (C=O) groups excluding carboxylic acids is 1. The standard InChI is InChI=1S/C27H26N8O/c1-2-3-17-35-24(29-26(32-35)27(36)28-21-9-5-4-6-10-21)18-19-13-15-20(16-14-19)22-11-7-8-12-23(22)25-30-33-34-31-25/h4-16H,2-3,17-18H2,1H3,(H,28,36)(H,30,31,33,34). The lowest BCUT2D eigenvalue weighted by atomic mass is 9.98. The zero-order valence-electron chi connectivity index (χ0n) is 19.9. The van der Waals surface area contributed by atoms with Crippen molar-refractivity contribution in [2.45, 2.75) is 32.7 Å². The Morgan fingerprint density at radius 2 is 1.69 bits per heavy atom. The van der Waals surface area contributed by atoms with E-state index in [0.29, 0.717) is 24.5 Å². The number of hydrogen-bond acceptors (Lipinski definition) is 6. The Morgan fingerprint density at radius 1 is 0.944 bits per heavy atom. The molecule has 0 fully saturated rings. The van der Waals surface area contributed by atoms with Gasteiger partial charge in [0.25, 0.3) is 5.91 Å². The van der Waals surface area contributed by atoms with E-state index in [4.69, 9.17) is 0 Å². The van der Waals surface area contributed by atoms with Crippen molar-refractivity contribution in [3.63, 3.8) is 0 Å². The molecule has 0 aliphatic rings. The van der Waals surface area contributed by atoms with Crippen LogP contribution in [-0.2, 0) is 13.0 Å². The van der Waals surface area contributed by atoms with Crippen LogP contribution >= 0.6 is 0 Å². The van der Waals surface area contributed by atoms with Crippen molar-refractivity contribution in [1.29, 1.82) is 0 Å². The fraction of sp³-hybridized carbons (Fsp3) is 0.185. The first kappa shape index (κ1) is 23.1. The molecule has 3 aromatic carbocycles. The highest BCUT2D eigenvalue weighted by molar-refractivity contribution is 6.01. The van der Waals surface area contributed by atoms with E-state index in [1.807, 2.05) is 59.3 Å². The van der Waals surface area contributed by atoms with Crippen molar-refractivity contribution in [2.24, 2.45) is 0 Å². The van der Waals surface area contributed by atoms with Crippen LogP contribution in [0.15, 0.2) is 78.9 Å². The molecule has 1 amide bonds. The maximum absolute atomic E-state index is 12.8. The molecule has 0 spiro atoms. The number of nitrogens with one attached hydrogen (secondary N) is 2. The third-order valence-electron chi connectivity index (χ3n) is 5.85. The number of aromatic nitrogens is 7. The van der Waals surface area contributed by atoms with Gasteiger partial charge in [-0.15, -0.1) is 15.3 Å². The van der Waals surface area contributed by atoms with Gasteiger partial charge in [0.2, 0.25) is 11.6 Å². The predicted octanol–water partition coefficient (Wildman–Crippen LogP) is 4.77. The van der Waals surface area contributed by atoms with Crippen LogP contribution in [0.3, 0.4) is 0 Å². The summed E-state index contributed by atoms with van der Waals surface area (Å²) in [5, 5.41) is 21.8. The molecule has 0 bridgehead atoms. The van der Waals surface area contributed by atoms with Gasteiger partial charge < -0.3 is 5.32 Å². The van der Waals surface area contributed by atoms with Crippen LogP contribution in [0, 0.1) is 0 Å². The molecule has 0 radical (unpaired) electrons. The van der Waals surface area contributed by atoms with Gasteiger partial charge in [-0.2, -0.15) is 5.21 Å². The van der Waals surface area contributed by atoms with E-state index >= 15 is 0 Å². The van der Waals surface area contributed by atoms with E-state index in [2.05, 4.69) is 67.2 Å². The van der Waals surface area contributed by atoms with E-state index in [1.54, 1.807) is 0 Å². The molecule has 0 saturated heterocycles. The lowest BCUT2D eigenvalue weighted by Crippen LogP contribution is -2.14. The number of unbranched alkanes of at least 4 members (excludes halogenated alkanes) is 1. The summed E-state index contributed by atoms with van der Waals surface area (Å²) in [4.78, 5) is 17.4. The highest BCUT2D eigenvalue weighted by Crippen LogP contribution is 2.30. The first-order valence-electron chi connectivity index (χ1n) is 11.9. The SMILES string of the molecule is CCCCn1nc(C(=O)Nc2ccccc2)nc1Cc1ccc(-c2ccccc2-c2nn[nH]n2)cc1. The molecule has 0 atom stereocenters. The molecular weight excluding hydrogens is 452 g/mol. The molecule has 9 nitrogen and oxygen atoms in total. The number of rotatable bonds is 9. The molecule has 5 rings (SSSR count). The second kappa shape index (κ2) is 10.7. The average Bonchev–Trinajstić information content (AvgIpc) is 3.59. The first-order chi connectivity index (χ1) is 17.7. The fourth-order valence-electron chi connectivity index (χ4n) is 3.99. The van der Waals surface area contributed by atoms with E-state index < -0.39 is 0 Å². The highest BCUT2D eigenvalue weighted by Gasteiger charge is 2.17. The van der Waals surface area contributed by atoms with Crippen molar-refractivity contribution in [1.82, 2.24) is 35.4 Å². The summed E-state index contributed by atoms with van der Waals surface area (Å²) >= 11 is 0. The van der Waals surface area contributed by atoms with Crippen molar-refractivity contribution in [3.8, 4) is 22.5 Å². The van der Waals surface area contributed by atoms with Crippen molar-refractivity contribution in [2.75, 3.05) is 5.32 Å². The summed E-state index contributed by atoms with van der Waals surface area (Å²) in [5.41, 5.74) is 4.78. The summed E-state index contributed by atoms with van der Waals surface area (Å²) in [6.45, 7) is 2.85. The Morgan fingerprint density at radius 3 is 2.42 bits per heavy atom. The average molecular weight is 479 g/mol. The number of aromatic amines is 1. The van der Waals surface area contributed by atoms with Crippen molar-refractivity contribution < 1.29 is 4.79 Å². The maximum atomic E-state index is 12.8. The Bertz CT molecular complexity index is 1430. The van der Waals surface area contributed by atoms with Crippen molar-refractivity contribution >= 4 is 11.6 Å². The van der Waals surface area contributed by atoms with E-state index in [1.165, 1.54) is 0 Å². The van der Waals surface area contributed by atoms with Crippen molar-refractivity contribution in [3.05, 3.63) is 96.1 Å². The van der Waals surface area contributed by atoms with Gasteiger partial charge in [-0.05, 0) is 40.5 Å². The number of nitrogens with zero attached hydrogens (tertiary/aromatic N) is 6. The van der Waals surface area contributed by atoms with Gasteiger partial charge in [-0.1, -0.05) is 80.1 Å². The van der Waals surface area contributed by atoms with E-state index in [-0.39, 0.29) is 11.7 Å². The summed E-state index contributed by atoms with van der Waals surface area (Å²) in [5.74, 6) is 1.18. The van der Waals surface area contributed by atoms with Gasteiger partial charge in [0.05, 0.1) is 0 Å². The largest absolute Gasteiger partial charge is 0.319 e. The van der Waals surface area contributed by atoms with Crippen LogP contribution in [-0.4, -0.2) is 41.3 Å². The molecule has 2 N–H and O–H groups in total. The number of amides is 1. The molecule has 2 heterocycles. The lowest BCUT2D eigenvalue weighted by molar-refractivity contribution is 0.101. The smallest absolute Gasteiger partial charge is 0.295 e. The number of hydrogen-bond donors (Lipinski definition) is 2. The van der Waals surface area contributed by atoms with Crippen LogP contribution < -0.4 is 5.32 Å². The van der Waals surface area contributed by atoms with Gasteiger partial charge >= 0.3 is 0 Å². The van der Waals surface area contributed by atoms with E-state index in [9.17, 15) is 4.79 Å². The minimum absolute atomic E-state index is 0.176. The number of carbonyl (C=O) groups is 1. The quantitative estimate of drug-likeness (QED) is 0.315. The topological polar surface area (TPSA) is 114 Å². The molecule has 2 aromatic heterocycles. The Labute approximate surface area is 208 Å². The van der Waals surface area contributed by atoms with Crippen LogP contribution in [0.2, 0.25) is 0 Å². The number of para-hydroxylation sites is 1. The molecule has 9 heteroatoms. The monoisotopic (exact) mass is 478 g/mol. The predicted molar refractivity (Wildman–Crippen MR) is 137 cm³/mol. The van der Waals surface area contributed by atoms with Gasteiger partial charge in [0.1, 0.15) is 5.82 Å². The van der Waals surface area contributed by atoms with Gasteiger partial charge in [0.15, 0.2) is 0 Å². The maximum Gasteiger partial charge on any atom is 0.295 e. The molecule has 5 aromatic rings. The minimum atomic E-state index is -0.314. The zero-order chi connectivity index (χ0) is 24.7. The fourth-order valence-corrected chi connectivity index (χ4v) is 3.99. The number of benzene rings is 3. The lowest BCUT2D eigenvalue weighted by Gasteiger charge is -2.09. The second-order valence-electron chi connectivity index (χ2n) is 8.40. The number of aryl methyl sites for hydroxylation is 1. The summed E-state index contributed by atoms with van der Waals surface area (Å²) < 4.78 is 1.85. The zero-order valence-corrected chi connectivity index (χ0v) is 19.9. The van der Waals surface area contributed by atoms with Crippen LogP contribution in [0.5, 0.6) is 0 Å². The van der Waals surface area contributed by atoms with Crippen LogP contribution in [0.1, 0.15) is 41.8 Å². The Kier molecular flexibility index (Phi) is 6.88. The van der Waals surface area contributed by atoms with Gasteiger partial charge in [-0.25, -0.2) is 9.67 Å². The molecule has 0 aliphatic heterocycles. The molecule has 0 saturated carbocycles. The van der Waals surface area contributed by atoms with Gasteiger partial charge in [-0.3, -0.25) is 4.79 Å².